The van der Waals surface area contributed by atoms with Crippen molar-refractivity contribution in [2.45, 2.75) is 46.1 Å². The summed E-state index contributed by atoms with van der Waals surface area (Å²) in [6, 6.07) is 0.413. The van der Waals surface area contributed by atoms with E-state index in [2.05, 4.69) is 5.32 Å². The maximum Gasteiger partial charge on any atom is 0.220 e. The first-order chi connectivity index (χ1) is 4.79. The van der Waals surface area contributed by atoms with Crippen molar-refractivity contribution < 1.29 is 4.79 Å². The Labute approximate surface area is 63.0 Å². The number of hydrogen-bond donors (Lipinski definition) is 1. The van der Waals surface area contributed by atoms with E-state index in [0.717, 1.165) is 19.3 Å². The molecule has 1 aliphatic rings. The molecule has 60 valence electrons. The van der Waals surface area contributed by atoms with E-state index in [1.54, 1.807) is 0 Å². The van der Waals surface area contributed by atoms with Gasteiger partial charge in [0.2, 0.25) is 5.91 Å². The van der Waals surface area contributed by atoms with Gasteiger partial charge in [0.1, 0.15) is 0 Å². The number of piperidine rings is 1. The number of hydrogen-bond acceptors (Lipinski definition) is 1. The molecule has 0 spiro atoms. The SMILES string of the molecule is CC.CC1CCCC(=O)N1. The Morgan fingerprint density at radius 3 is 2.40 bits per heavy atom. The van der Waals surface area contributed by atoms with Crippen molar-refractivity contribution in [2.75, 3.05) is 0 Å². The molecule has 2 heteroatoms. The predicted octanol–water partition coefficient (Wildman–Crippen LogP) is 1.70. The van der Waals surface area contributed by atoms with Gasteiger partial charge in [-0.05, 0) is 19.8 Å². The van der Waals surface area contributed by atoms with Crippen LogP contribution in [0.2, 0.25) is 0 Å². The molecule has 0 aliphatic carbocycles. The van der Waals surface area contributed by atoms with Gasteiger partial charge in [0.15, 0.2) is 0 Å². The van der Waals surface area contributed by atoms with Crippen LogP contribution in [0, 0.1) is 0 Å². The summed E-state index contributed by atoms with van der Waals surface area (Å²) in [6.45, 7) is 6.04. The highest BCUT2D eigenvalue weighted by Gasteiger charge is 2.12. The minimum atomic E-state index is 0.212. The van der Waals surface area contributed by atoms with Gasteiger partial charge in [0.25, 0.3) is 0 Å². The van der Waals surface area contributed by atoms with Crippen LogP contribution in [0.3, 0.4) is 0 Å². The van der Waals surface area contributed by atoms with Crippen molar-refractivity contribution in [3.63, 3.8) is 0 Å². The fourth-order valence-electron chi connectivity index (χ4n) is 0.988. The van der Waals surface area contributed by atoms with Crippen LogP contribution in [0.15, 0.2) is 0 Å². The predicted molar refractivity (Wildman–Crippen MR) is 42.8 cm³/mol. The van der Waals surface area contributed by atoms with E-state index in [-0.39, 0.29) is 5.91 Å². The zero-order valence-electron chi connectivity index (χ0n) is 7.11. The highest BCUT2D eigenvalue weighted by Crippen LogP contribution is 2.05. The summed E-state index contributed by atoms with van der Waals surface area (Å²) in [4.78, 5) is 10.6. The molecule has 1 fully saturated rings. The normalized spacial score (nSPS) is 24.3. The first kappa shape index (κ1) is 9.47. The van der Waals surface area contributed by atoms with Gasteiger partial charge in [-0.2, -0.15) is 0 Å². The van der Waals surface area contributed by atoms with E-state index in [1.807, 2.05) is 20.8 Å². The third-order valence-electron chi connectivity index (χ3n) is 1.45. The Balaban J connectivity index is 0.000000371. The van der Waals surface area contributed by atoms with E-state index < -0.39 is 0 Å². The molecule has 0 aromatic carbocycles. The van der Waals surface area contributed by atoms with Gasteiger partial charge in [-0.25, -0.2) is 0 Å². The number of carbonyl (C=O) groups excluding carboxylic acids is 1. The lowest BCUT2D eigenvalue weighted by atomic mass is 10.1. The summed E-state index contributed by atoms with van der Waals surface area (Å²) in [5.41, 5.74) is 0. The topological polar surface area (TPSA) is 29.1 Å². The van der Waals surface area contributed by atoms with Crippen molar-refractivity contribution in [2.24, 2.45) is 0 Å². The molecule has 0 aromatic heterocycles. The molecule has 1 amide bonds. The third-order valence-corrected chi connectivity index (χ3v) is 1.45. The number of amides is 1. The quantitative estimate of drug-likeness (QED) is 0.549. The first-order valence-corrected chi connectivity index (χ1v) is 4.08. The van der Waals surface area contributed by atoms with Crippen LogP contribution in [-0.4, -0.2) is 11.9 Å². The summed E-state index contributed by atoms with van der Waals surface area (Å²) in [5.74, 6) is 0.212. The molecule has 1 aliphatic heterocycles. The largest absolute Gasteiger partial charge is 0.354 e. The smallest absolute Gasteiger partial charge is 0.220 e. The van der Waals surface area contributed by atoms with Gasteiger partial charge in [-0.3, -0.25) is 4.79 Å². The summed E-state index contributed by atoms with van der Waals surface area (Å²) in [6.07, 6.45) is 2.93. The Hall–Kier alpha value is -0.530. The van der Waals surface area contributed by atoms with Gasteiger partial charge >= 0.3 is 0 Å². The number of carbonyl (C=O) groups is 1. The van der Waals surface area contributed by atoms with Crippen LogP contribution in [0.1, 0.15) is 40.0 Å². The fraction of sp³-hybridized carbons (Fsp3) is 0.875. The zero-order valence-corrected chi connectivity index (χ0v) is 7.11. The van der Waals surface area contributed by atoms with Gasteiger partial charge in [0, 0.05) is 12.5 Å². The van der Waals surface area contributed by atoms with Gasteiger partial charge < -0.3 is 5.32 Å². The van der Waals surface area contributed by atoms with Crippen molar-refractivity contribution in [3.05, 3.63) is 0 Å². The lowest BCUT2D eigenvalue weighted by Crippen LogP contribution is -2.36. The maximum atomic E-state index is 10.6. The number of nitrogens with one attached hydrogen (secondary N) is 1. The second-order valence-corrected chi connectivity index (χ2v) is 2.36. The van der Waals surface area contributed by atoms with Crippen molar-refractivity contribution in [1.29, 1.82) is 0 Å². The van der Waals surface area contributed by atoms with Crippen LogP contribution in [0.25, 0.3) is 0 Å². The van der Waals surface area contributed by atoms with Crippen molar-refractivity contribution in [3.8, 4) is 0 Å². The van der Waals surface area contributed by atoms with E-state index in [4.69, 9.17) is 0 Å². The van der Waals surface area contributed by atoms with Gasteiger partial charge in [-0.1, -0.05) is 13.8 Å². The van der Waals surface area contributed by atoms with Crippen LogP contribution < -0.4 is 5.32 Å². The maximum absolute atomic E-state index is 10.6. The van der Waals surface area contributed by atoms with Crippen LogP contribution in [-0.2, 0) is 4.79 Å². The van der Waals surface area contributed by atoms with E-state index in [1.165, 1.54) is 0 Å². The summed E-state index contributed by atoms with van der Waals surface area (Å²) in [7, 11) is 0. The summed E-state index contributed by atoms with van der Waals surface area (Å²) in [5, 5.41) is 2.84. The average molecular weight is 143 g/mol. The second-order valence-electron chi connectivity index (χ2n) is 2.36. The molecule has 0 saturated carbocycles. The van der Waals surface area contributed by atoms with Crippen molar-refractivity contribution >= 4 is 5.91 Å². The lowest BCUT2D eigenvalue weighted by Gasteiger charge is -2.18. The molecule has 0 bridgehead atoms. The van der Waals surface area contributed by atoms with Crippen LogP contribution >= 0.6 is 0 Å². The standard InChI is InChI=1S/C6H11NO.C2H6/c1-5-3-2-4-6(8)7-5;1-2/h5H,2-4H2,1H3,(H,7,8);1-2H3. The molecule has 1 rings (SSSR count). The minimum absolute atomic E-state index is 0.212. The molecule has 1 unspecified atom stereocenters. The van der Waals surface area contributed by atoms with Crippen LogP contribution in [0.4, 0.5) is 0 Å². The van der Waals surface area contributed by atoms with Crippen LogP contribution in [0.5, 0.6) is 0 Å². The Morgan fingerprint density at radius 2 is 2.10 bits per heavy atom. The first-order valence-electron chi connectivity index (χ1n) is 4.08. The molecule has 0 aromatic rings. The highest BCUT2D eigenvalue weighted by molar-refractivity contribution is 5.76. The lowest BCUT2D eigenvalue weighted by molar-refractivity contribution is -0.123. The van der Waals surface area contributed by atoms with E-state index in [9.17, 15) is 4.79 Å². The second kappa shape index (κ2) is 5.27. The fourth-order valence-corrected chi connectivity index (χ4v) is 0.988. The van der Waals surface area contributed by atoms with E-state index in [0.29, 0.717) is 6.04 Å². The molecule has 10 heavy (non-hydrogen) atoms. The summed E-state index contributed by atoms with van der Waals surface area (Å²) >= 11 is 0. The Bertz CT molecular complexity index is 101. The number of rotatable bonds is 0. The van der Waals surface area contributed by atoms with Gasteiger partial charge in [-0.15, -0.1) is 0 Å². The van der Waals surface area contributed by atoms with Gasteiger partial charge in [0.05, 0.1) is 0 Å². The molecule has 1 saturated heterocycles. The Morgan fingerprint density at radius 1 is 1.50 bits per heavy atom. The minimum Gasteiger partial charge on any atom is -0.354 e. The molecule has 0 radical (unpaired) electrons. The average Bonchev–Trinajstić information content (AvgIpc) is 1.91. The third kappa shape index (κ3) is 3.49. The molecule has 2 nitrogen and oxygen atoms in total. The molecule has 1 heterocycles. The van der Waals surface area contributed by atoms with Crippen molar-refractivity contribution in [1.82, 2.24) is 5.32 Å². The molecular formula is C8H17NO. The summed E-state index contributed by atoms with van der Waals surface area (Å²) < 4.78 is 0. The molecular weight excluding hydrogens is 126 g/mol. The molecule has 1 atom stereocenters. The highest BCUT2D eigenvalue weighted by atomic mass is 16.1. The zero-order chi connectivity index (χ0) is 7.98. The van der Waals surface area contributed by atoms with E-state index >= 15 is 0 Å². The Kier molecular flexibility index (Phi) is 4.99. The monoisotopic (exact) mass is 143 g/mol. The molecule has 1 N–H and O–H groups in total.